The smallest absolute Gasteiger partial charge is 0.290 e. The van der Waals surface area contributed by atoms with Gasteiger partial charge in [0.15, 0.2) is 0 Å². The third-order valence-electron chi connectivity index (χ3n) is 11.0. The van der Waals surface area contributed by atoms with E-state index in [0.29, 0.717) is 36.1 Å². The molecule has 9 nitrogen and oxygen atoms in total. The number of carbonyl (C=O) groups is 1. The standard InChI is InChI=1S/C30H34FN3.C14H18N2O2.CH2O2/c1-6-22(5)33-30(34-16-10-11-20(3)19-34)26-18-32-28(17-21(26)4)25-13-9-8-12-23-14-15-27(31)24(7-2)29(23)25;17-15-11-3-7-14(8-4-11)18-10-13-6-5-12-2-1-9-16(12)13;2-1-3/h2,8,12-13,17-18,20H,4,6,9-11,14-16,19H2,1,3,5H3;3-4,7-8,12-13H,1-2,5-6,9-10H2;1H,(H,2,3)/b30-26+,33-22+;;. The number of hydrogen-bond donors (Lipinski definition) is 1. The third-order valence-corrected chi connectivity index (χ3v) is 11.0. The van der Waals surface area contributed by atoms with Crippen LogP contribution in [0.25, 0.3) is 18.0 Å². The average Bonchev–Trinajstić information content (AvgIpc) is 3.76. The van der Waals surface area contributed by atoms with Gasteiger partial charge in [-0.3, -0.25) is 14.7 Å². The van der Waals surface area contributed by atoms with Crippen LogP contribution in [0.3, 0.4) is 0 Å². The number of aliphatic imine (C=N–C) groups is 1. The van der Waals surface area contributed by atoms with Crippen molar-refractivity contribution in [3.63, 3.8) is 0 Å². The number of allylic oxidation sites excluding steroid dienone is 8. The van der Waals surface area contributed by atoms with Crippen molar-refractivity contribution in [1.29, 1.82) is 0 Å². The number of ether oxygens (including phenoxy) is 1. The van der Waals surface area contributed by atoms with Gasteiger partial charge in [0.2, 0.25) is 0 Å². The Labute approximate surface area is 324 Å². The van der Waals surface area contributed by atoms with Crippen LogP contribution in [0.15, 0.2) is 87.5 Å². The molecule has 1 aromatic heterocycles. The van der Waals surface area contributed by atoms with Crippen LogP contribution in [-0.4, -0.2) is 70.4 Å². The molecule has 10 heteroatoms. The van der Waals surface area contributed by atoms with E-state index in [9.17, 15) is 9.30 Å². The number of carboxylic acid groups (broad SMARTS) is 1. The van der Waals surface area contributed by atoms with Gasteiger partial charge in [0.05, 0.1) is 11.3 Å². The Morgan fingerprint density at radius 1 is 1.16 bits per heavy atom. The average molecular weight is 748 g/mol. The molecule has 3 saturated heterocycles. The van der Waals surface area contributed by atoms with E-state index in [2.05, 4.69) is 66.5 Å². The Morgan fingerprint density at radius 3 is 2.62 bits per heavy atom. The number of nitrogens with zero attached hydrogens (tertiary/aromatic N) is 5. The summed E-state index contributed by atoms with van der Waals surface area (Å²) in [6.07, 6.45) is 24.2. The maximum atomic E-state index is 14.7. The summed E-state index contributed by atoms with van der Waals surface area (Å²) in [4.78, 5) is 33.5. The summed E-state index contributed by atoms with van der Waals surface area (Å²) in [6.45, 7) is 14.6. The van der Waals surface area contributed by atoms with Crippen LogP contribution in [0, 0.1) is 23.2 Å². The van der Waals surface area contributed by atoms with Gasteiger partial charge in [-0.15, -0.1) is 11.3 Å². The summed E-state index contributed by atoms with van der Waals surface area (Å²) in [6, 6.07) is 10.4. The fourth-order valence-electron chi connectivity index (χ4n) is 8.11. The molecule has 55 heavy (non-hydrogen) atoms. The van der Waals surface area contributed by atoms with Crippen LogP contribution in [0.1, 0.15) is 90.7 Å². The number of hydrogen-bond acceptors (Lipinski definition) is 8. The lowest BCUT2D eigenvalue weighted by Crippen LogP contribution is -2.39. The Balaban J connectivity index is 0.000000230. The lowest BCUT2D eigenvalue weighted by Gasteiger charge is -2.33. The largest absolute Gasteiger partial charge is 0.492 e. The first-order chi connectivity index (χ1) is 26.7. The van der Waals surface area contributed by atoms with E-state index in [1.54, 1.807) is 12.1 Å². The maximum absolute atomic E-state index is 14.7. The molecule has 0 amide bonds. The molecule has 290 valence electrons. The fourth-order valence-corrected chi connectivity index (χ4v) is 8.11. The molecule has 2 aromatic rings. The van der Waals surface area contributed by atoms with E-state index in [-0.39, 0.29) is 12.3 Å². The second kappa shape index (κ2) is 20.0. The summed E-state index contributed by atoms with van der Waals surface area (Å²) in [5.41, 5.74) is 5.43. The van der Waals surface area contributed by atoms with E-state index in [1.165, 1.54) is 38.6 Å². The first-order valence-corrected chi connectivity index (χ1v) is 19.6. The number of halogens is 1. The number of nitroso groups, excluding NO2 is 1. The van der Waals surface area contributed by atoms with Crippen LogP contribution < -0.4 is 15.2 Å². The minimum atomic E-state index is -0.250. The van der Waals surface area contributed by atoms with Crippen molar-refractivity contribution in [3.8, 4) is 18.1 Å². The molecule has 1 N–H and O–H groups in total. The highest BCUT2D eigenvalue weighted by Crippen LogP contribution is 2.40. The summed E-state index contributed by atoms with van der Waals surface area (Å²) >= 11 is 0. The van der Waals surface area contributed by atoms with Gasteiger partial charge in [-0.2, -0.15) is 0 Å². The van der Waals surface area contributed by atoms with Crippen molar-refractivity contribution in [2.24, 2.45) is 16.1 Å². The normalized spacial score (nSPS) is 22.8. The summed E-state index contributed by atoms with van der Waals surface area (Å²) in [5.74, 6) is 4.80. The fraction of sp³-hybridized carbons (Fsp3) is 0.444. The predicted octanol–water partition coefficient (Wildman–Crippen LogP) is 8.24. The minimum Gasteiger partial charge on any atom is -0.492 e. The number of aromatic nitrogens is 1. The van der Waals surface area contributed by atoms with Crippen LogP contribution in [0.2, 0.25) is 0 Å². The van der Waals surface area contributed by atoms with E-state index >= 15 is 0 Å². The molecule has 7 rings (SSSR count). The van der Waals surface area contributed by atoms with Crippen molar-refractivity contribution in [2.75, 3.05) is 26.2 Å². The topological polar surface area (TPSA) is 108 Å². The number of rotatable bonds is 8. The highest BCUT2D eigenvalue weighted by Gasteiger charge is 2.36. The van der Waals surface area contributed by atoms with Crippen LogP contribution in [0.4, 0.5) is 10.1 Å². The number of fused-ring (bicyclic) bond motifs is 1. The predicted molar refractivity (Wildman–Crippen MR) is 220 cm³/mol. The van der Waals surface area contributed by atoms with Gasteiger partial charge in [0, 0.05) is 59.9 Å². The molecule has 1 aromatic carbocycles. The number of pyridine rings is 1. The monoisotopic (exact) mass is 747 g/mol. The van der Waals surface area contributed by atoms with E-state index in [1.807, 2.05) is 24.4 Å². The molecular formula is C45H54FN5O4. The van der Waals surface area contributed by atoms with Gasteiger partial charge >= 0.3 is 0 Å². The molecule has 0 spiro atoms. The molecule has 4 heterocycles. The van der Waals surface area contributed by atoms with Gasteiger partial charge in [-0.05, 0) is 123 Å². The molecule has 0 radical (unpaired) electrons. The molecule has 3 aliphatic heterocycles. The molecule has 5 aliphatic rings. The molecular weight excluding hydrogens is 694 g/mol. The molecule has 3 atom stereocenters. The first kappa shape index (κ1) is 41.0. The van der Waals surface area contributed by atoms with Gasteiger partial charge in [-0.1, -0.05) is 44.6 Å². The Hall–Kier alpha value is -5.14. The number of likely N-dealkylation sites (tertiary alicyclic amines) is 1. The minimum absolute atomic E-state index is 0.215. The van der Waals surface area contributed by atoms with Gasteiger partial charge < -0.3 is 14.7 Å². The number of terminal acetylenes is 1. The van der Waals surface area contributed by atoms with Crippen LogP contribution in [-0.2, 0) is 4.79 Å². The maximum Gasteiger partial charge on any atom is 0.290 e. The third kappa shape index (κ3) is 10.3. The van der Waals surface area contributed by atoms with Crippen LogP contribution in [0.5, 0.6) is 5.75 Å². The summed E-state index contributed by atoms with van der Waals surface area (Å²) in [7, 11) is 0. The zero-order valence-corrected chi connectivity index (χ0v) is 32.5. The van der Waals surface area contributed by atoms with Crippen molar-refractivity contribution in [1.82, 2.24) is 14.8 Å². The van der Waals surface area contributed by atoms with Gasteiger partial charge in [0.1, 0.15) is 29.7 Å². The second-order valence-electron chi connectivity index (χ2n) is 14.8. The first-order valence-electron chi connectivity index (χ1n) is 19.6. The molecule has 0 bridgehead atoms. The van der Waals surface area contributed by atoms with Gasteiger partial charge in [-0.25, -0.2) is 9.38 Å². The Bertz CT molecular complexity index is 2010. The molecule has 2 aliphatic carbocycles. The second-order valence-corrected chi connectivity index (χ2v) is 14.8. The summed E-state index contributed by atoms with van der Waals surface area (Å²) in [5, 5.41) is 11.6. The van der Waals surface area contributed by atoms with E-state index in [0.717, 1.165) is 95.1 Å². The highest BCUT2D eigenvalue weighted by atomic mass is 19.1. The quantitative estimate of drug-likeness (QED) is 0.126. The van der Waals surface area contributed by atoms with Crippen molar-refractivity contribution < 1.29 is 19.0 Å². The molecule has 3 unspecified atom stereocenters. The zero-order chi connectivity index (χ0) is 39.3. The number of piperidine rings is 1. The highest BCUT2D eigenvalue weighted by molar-refractivity contribution is 5.87. The van der Waals surface area contributed by atoms with Crippen molar-refractivity contribution >= 4 is 35.8 Å². The lowest BCUT2D eigenvalue weighted by molar-refractivity contribution is -0.122. The van der Waals surface area contributed by atoms with Crippen LogP contribution >= 0.6 is 0 Å². The zero-order valence-electron chi connectivity index (χ0n) is 32.5. The Kier molecular flexibility index (Phi) is 14.9. The van der Waals surface area contributed by atoms with E-state index < -0.39 is 0 Å². The van der Waals surface area contributed by atoms with E-state index in [4.69, 9.17) is 31.0 Å². The van der Waals surface area contributed by atoms with Gasteiger partial charge in [0.25, 0.3) is 6.47 Å². The summed E-state index contributed by atoms with van der Waals surface area (Å²) < 4.78 is 20.5. The molecule has 3 fully saturated rings. The Morgan fingerprint density at radius 2 is 1.93 bits per heavy atom. The molecule has 0 saturated carbocycles. The SMILES string of the molecule is C#CC1=C(F)CCC2=C1C(c1cc(=C)/c(=C(\N=C(/C)CC)N3CCCC(C)C3)cn1)=CCC=C2.O=CO.O=Nc1ccc(OCC2CCC3CCCN32)cc1. The number of benzene rings is 1. The van der Waals surface area contributed by atoms with Crippen molar-refractivity contribution in [2.45, 2.75) is 97.1 Å². The lowest BCUT2D eigenvalue weighted by atomic mass is 9.84. The van der Waals surface area contributed by atoms with Crippen molar-refractivity contribution in [3.05, 3.63) is 98.3 Å².